The summed E-state index contributed by atoms with van der Waals surface area (Å²) in [4.78, 5) is 27.2. The number of benzene rings is 1. The van der Waals surface area contributed by atoms with Gasteiger partial charge in [0.25, 0.3) is 0 Å². The van der Waals surface area contributed by atoms with Crippen LogP contribution < -0.4 is 5.48 Å². The van der Waals surface area contributed by atoms with E-state index in [1.165, 1.54) is 0 Å². The molecular formula is C14H18NO3. The van der Waals surface area contributed by atoms with Crippen molar-refractivity contribution in [2.24, 2.45) is 11.8 Å². The molecule has 1 unspecified atom stereocenters. The van der Waals surface area contributed by atoms with E-state index < -0.39 is 0 Å². The predicted molar refractivity (Wildman–Crippen MR) is 68.0 cm³/mol. The first-order valence-corrected chi connectivity index (χ1v) is 5.95. The van der Waals surface area contributed by atoms with Gasteiger partial charge < -0.3 is 0 Å². The van der Waals surface area contributed by atoms with Crippen LogP contribution in [0.15, 0.2) is 30.3 Å². The normalized spacial score (nSPS) is 12.2. The maximum Gasteiger partial charge on any atom is 0.244 e. The Kier molecular flexibility index (Phi) is 6.08. The number of carbonyl (C=O) groups is 1. The zero-order valence-corrected chi connectivity index (χ0v) is 10.7. The fourth-order valence-electron chi connectivity index (χ4n) is 1.43. The maximum atomic E-state index is 11.5. The summed E-state index contributed by atoms with van der Waals surface area (Å²) < 4.78 is 0. The first-order valence-electron chi connectivity index (χ1n) is 5.95. The molecule has 0 saturated heterocycles. The molecule has 0 aromatic heterocycles. The van der Waals surface area contributed by atoms with Crippen LogP contribution in [0.3, 0.4) is 0 Å². The Balaban J connectivity index is 2.27. The number of hydroxylamine groups is 1. The lowest BCUT2D eigenvalue weighted by molar-refractivity contribution is -0.135. The van der Waals surface area contributed by atoms with E-state index in [1.54, 1.807) is 0 Å². The Morgan fingerprint density at radius 3 is 2.56 bits per heavy atom. The van der Waals surface area contributed by atoms with E-state index in [0.29, 0.717) is 6.61 Å². The molecule has 97 valence electrons. The lowest BCUT2D eigenvalue weighted by atomic mass is 9.94. The van der Waals surface area contributed by atoms with Crippen LogP contribution in [-0.2, 0) is 21.0 Å². The van der Waals surface area contributed by atoms with Crippen LogP contribution in [-0.4, -0.2) is 12.2 Å². The van der Waals surface area contributed by atoms with Crippen LogP contribution in [0, 0.1) is 11.8 Å². The molecule has 1 radical (unpaired) electrons. The molecule has 1 N–H and O–H groups in total. The second-order valence-electron chi connectivity index (χ2n) is 4.47. The monoisotopic (exact) mass is 248 g/mol. The number of amides is 1. The average molecular weight is 248 g/mol. The van der Waals surface area contributed by atoms with Crippen molar-refractivity contribution in [3.05, 3.63) is 35.9 Å². The Hall–Kier alpha value is -1.68. The van der Waals surface area contributed by atoms with Gasteiger partial charge in [-0.15, -0.1) is 0 Å². The Morgan fingerprint density at radius 2 is 2.00 bits per heavy atom. The van der Waals surface area contributed by atoms with Crippen LogP contribution in [0.25, 0.3) is 0 Å². The van der Waals surface area contributed by atoms with Gasteiger partial charge in [0.2, 0.25) is 12.2 Å². The topological polar surface area (TPSA) is 55.4 Å². The summed E-state index contributed by atoms with van der Waals surface area (Å²) in [6.07, 6.45) is 1.98. The van der Waals surface area contributed by atoms with Crippen molar-refractivity contribution in [2.45, 2.75) is 26.9 Å². The molecular weight excluding hydrogens is 230 g/mol. The maximum absolute atomic E-state index is 11.5. The Bertz CT molecular complexity index is 376. The van der Waals surface area contributed by atoms with E-state index in [1.807, 2.05) is 50.5 Å². The van der Waals surface area contributed by atoms with E-state index in [2.05, 4.69) is 5.48 Å². The van der Waals surface area contributed by atoms with Gasteiger partial charge in [0, 0.05) is 12.3 Å². The SMILES string of the molecule is CC(C)C([C]=O)CC(=O)NOCc1ccccc1. The van der Waals surface area contributed by atoms with Gasteiger partial charge in [-0.2, -0.15) is 0 Å². The van der Waals surface area contributed by atoms with E-state index in [-0.39, 0.29) is 24.2 Å². The van der Waals surface area contributed by atoms with Crippen LogP contribution >= 0.6 is 0 Å². The number of hydrogen-bond acceptors (Lipinski definition) is 3. The molecule has 0 aliphatic carbocycles. The summed E-state index contributed by atoms with van der Waals surface area (Å²) in [5.74, 6) is -0.583. The van der Waals surface area contributed by atoms with Gasteiger partial charge in [-0.1, -0.05) is 44.2 Å². The van der Waals surface area contributed by atoms with Crippen molar-refractivity contribution in [3.63, 3.8) is 0 Å². The van der Waals surface area contributed by atoms with Crippen molar-refractivity contribution in [2.75, 3.05) is 0 Å². The minimum atomic E-state index is -0.384. The molecule has 0 aliphatic rings. The molecule has 0 heterocycles. The molecule has 18 heavy (non-hydrogen) atoms. The summed E-state index contributed by atoms with van der Waals surface area (Å²) in [5, 5.41) is 0. The summed E-state index contributed by atoms with van der Waals surface area (Å²) >= 11 is 0. The fourth-order valence-corrected chi connectivity index (χ4v) is 1.43. The van der Waals surface area contributed by atoms with Gasteiger partial charge in [0.15, 0.2) is 0 Å². The molecule has 0 bridgehead atoms. The van der Waals surface area contributed by atoms with Gasteiger partial charge in [-0.05, 0) is 11.5 Å². The van der Waals surface area contributed by atoms with Gasteiger partial charge in [-0.3, -0.25) is 14.4 Å². The van der Waals surface area contributed by atoms with Gasteiger partial charge in [0.05, 0.1) is 6.61 Å². The van der Waals surface area contributed by atoms with E-state index in [9.17, 15) is 9.59 Å². The lowest BCUT2D eigenvalue weighted by Crippen LogP contribution is -2.27. The first kappa shape index (κ1) is 14.4. The highest BCUT2D eigenvalue weighted by atomic mass is 16.6. The van der Waals surface area contributed by atoms with Crippen molar-refractivity contribution < 1.29 is 14.4 Å². The van der Waals surface area contributed by atoms with Gasteiger partial charge in [-0.25, -0.2) is 5.48 Å². The van der Waals surface area contributed by atoms with Gasteiger partial charge in [0.1, 0.15) is 0 Å². The van der Waals surface area contributed by atoms with E-state index in [4.69, 9.17) is 4.84 Å². The second kappa shape index (κ2) is 7.61. The van der Waals surface area contributed by atoms with Crippen molar-refractivity contribution in [3.8, 4) is 0 Å². The zero-order valence-electron chi connectivity index (χ0n) is 10.7. The molecule has 4 heteroatoms. The van der Waals surface area contributed by atoms with Gasteiger partial charge >= 0.3 is 0 Å². The quantitative estimate of drug-likeness (QED) is 0.751. The van der Waals surface area contributed by atoms with Crippen molar-refractivity contribution in [1.82, 2.24) is 5.48 Å². The molecule has 0 fully saturated rings. The smallest absolute Gasteiger partial charge is 0.244 e. The standard InChI is InChI=1S/C14H18NO3/c1-11(2)13(9-16)8-14(17)15-18-10-12-6-4-3-5-7-12/h3-7,11,13H,8,10H2,1-2H3,(H,15,17). The molecule has 0 spiro atoms. The highest BCUT2D eigenvalue weighted by molar-refractivity contribution is 5.78. The average Bonchev–Trinajstić information content (AvgIpc) is 2.37. The predicted octanol–water partition coefficient (Wildman–Crippen LogP) is 2.01. The highest BCUT2D eigenvalue weighted by Crippen LogP contribution is 2.12. The Labute approximate surface area is 107 Å². The molecule has 1 aromatic rings. The zero-order chi connectivity index (χ0) is 13.4. The van der Waals surface area contributed by atoms with E-state index in [0.717, 1.165) is 5.56 Å². The molecule has 1 amide bonds. The summed E-state index contributed by atoms with van der Waals surface area (Å²) in [6, 6.07) is 9.52. The van der Waals surface area contributed by atoms with Crippen LogP contribution in [0.5, 0.6) is 0 Å². The number of nitrogens with one attached hydrogen (secondary N) is 1. The summed E-state index contributed by atoms with van der Waals surface area (Å²) in [6.45, 7) is 4.07. The Morgan fingerprint density at radius 1 is 1.33 bits per heavy atom. The fraction of sp³-hybridized carbons (Fsp3) is 0.429. The lowest BCUT2D eigenvalue weighted by Gasteiger charge is -2.12. The van der Waals surface area contributed by atoms with Crippen molar-refractivity contribution in [1.29, 1.82) is 0 Å². The van der Waals surface area contributed by atoms with Crippen molar-refractivity contribution >= 4 is 12.2 Å². The third kappa shape index (κ3) is 5.10. The second-order valence-corrected chi connectivity index (χ2v) is 4.47. The molecule has 0 saturated carbocycles. The van der Waals surface area contributed by atoms with Crippen LogP contribution in [0.1, 0.15) is 25.8 Å². The molecule has 4 nitrogen and oxygen atoms in total. The third-order valence-corrected chi connectivity index (χ3v) is 2.63. The first-order chi connectivity index (χ1) is 8.63. The molecule has 0 aliphatic heterocycles. The largest absolute Gasteiger partial charge is 0.291 e. The number of rotatable bonds is 7. The molecule has 1 rings (SSSR count). The third-order valence-electron chi connectivity index (χ3n) is 2.63. The molecule has 1 aromatic carbocycles. The van der Waals surface area contributed by atoms with E-state index >= 15 is 0 Å². The van der Waals surface area contributed by atoms with Crippen LogP contribution in [0.2, 0.25) is 0 Å². The summed E-state index contributed by atoms with van der Waals surface area (Å²) in [5.41, 5.74) is 3.31. The van der Waals surface area contributed by atoms with Crippen LogP contribution in [0.4, 0.5) is 0 Å². The minimum absolute atomic E-state index is 0.0994. The highest BCUT2D eigenvalue weighted by Gasteiger charge is 2.17. The number of carbonyl (C=O) groups excluding carboxylic acids is 2. The summed E-state index contributed by atoms with van der Waals surface area (Å²) in [7, 11) is 0. The minimum Gasteiger partial charge on any atom is -0.291 e. The number of hydrogen-bond donors (Lipinski definition) is 1. The molecule has 1 atom stereocenters.